The lowest BCUT2D eigenvalue weighted by Crippen LogP contribution is -2.34. The molecule has 2 N–H and O–H groups in total. The summed E-state index contributed by atoms with van der Waals surface area (Å²) in [6.07, 6.45) is -1.42. The Bertz CT molecular complexity index is 1180. The number of pyridine rings is 1. The normalized spacial score (nSPS) is 18.4. The number of nitrogens with zero attached hydrogens (tertiary/aromatic N) is 4. The maximum Gasteiger partial charge on any atom is 0.433 e. The Morgan fingerprint density at radius 1 is 1.15 bits per heavy atom. The molecule has 172 valence electrons. The molecule has 1 unspecified atom stereocenters. The minimum absolute atomic E-state index is 0.165. The number of carbonyl (C=O) groups is 1. The fourth-order valence-electron chi connectivity index (χ4n) is 3.70. The Labute approximate surface area is 188 Å². The summed E-state index contributed by atoms with van der Waals surface area (Å²) in [6, 6.07) is 9.59. The van der Waals surface area contributed by atoms with Crippen LogP contribution in [0.2, 0.25) is 0 Å². The molecule has 1 aromatic carbocycles. The summed E-state index contributed by atoms with van der Waals surface area (Å²) in [5.41, 5.74) is 1.24. The van der Waals surface area contributed by atoms with Crippen molar-refractivity contribution in [3.63, 3.8) is 0 Å². The van der Waals surface area contributed by atoms with Crippen LogP contribution < -0.4 is 5.32 Å². The number of nitrogens with one attached hydrogen (secondary N) is 1. The molecule has 0 bridgehead atoms. The highest BCUT2D eigenvalue weighted by Gasteiger charge is 2.35. The van der Waals surface area contributed by atoms with Crippen molar-refractivity contribution in [2.45, 2.75) is 32.0 Å². The number of likely N-dealkylation sites (tertiary alicyclic amines) is 1. The van der Waals surface area contributed by atoms with Gasteiger partial charge in [0.2, 0.25) is 5.95 Å². The number of amides is 1. The number of anilines is 2. The van der Waals surface area contributed by atoms with E-state index in [4.69, 9.17) is 0 Å². The lowest BCUT2D eigenvalue weighted by molar-refractivity contribution is -0.141. The lowest BCUT2D eigenvalue weighted by atomic mass is 10.0. The Balaban J connectivity index is 1.54. The molecule has 10 heteroatoms. The highest BCUT2D eigenvalue weighted by Crippen LogP contribution is 2.29. The van der Waals surface area contributed by atoms with Crippen molar-refractivity contribution in [1.29, 1.82) is 0 Å². The van der Waals surface area contributed by atoms with Gasteiger partial charge in [0.1, 0.15) is 11.4 Å². The van der Waals surface area contributed by atoms with Gasteiger partial charge in [-0.25, -0.2) is 9.97 Å². The summed E-state index contributed by atoms with van der Waals surface area (Å²) < 4.78 is 38.8. The number of rotatable bonds is 4. The summed E-state index contributed by atoms with van der Waals surface area (Å²) in [4.78, 5) is 25.9. The maximum atomic E-state index is 12.9. The van der Waals surface area contributed by atoms with E-state index in [-0.39, 0.29) is 24.1 Å². The SMILES string of the molecule is Cc1cc(Nc2nccc(C(F)(F)F)n2)cc(-c2ccc(C(=O)N3CCC(C)(O)C3)nc2)c1. The molecule has 0 radical (unpaired) electrons. The van der Waals surface area contributed by atoms with Crippen LogP contribution in [0.3, 0.4) is 0 Å². The van der Waals surface area contributed by atoms with Crippen LogP contribution in [-0.4, -0.2) is 49.6 Å². The molecule has 0 aliphatic carbocycles. The van der Waals surface area contributed by atoms with Gasteiger partial charge in [-0.05, 0) is 55.7 Å². The maximum absolute atomic E-state index is 12.9. The predicted octanol–water partition coefficient (Wildman–Crippen LogP) is 4.21. The van der Waals surface area contributed by atoms with Crippen LogP contribution in [0, 0.1) is 6.92 Å². The van der Waals surface area contributed by atoms with Crippen molar-refractivity contribution in [3.05, 3.63) is 65.7 Å². The number of halogens is 3. The molecule has 1 amide bonds. The van der Waals surface area contributed by atoms with E-state index in [1.807, 2.05) is 13.0 Å². The minimum Gasteiger partial charge on any atom is -0.388 e. The number of aromatic nitrogens is 3. The van der Waals surface area contributed by atoms with Crippen LogP contribution in [0.25, 0.3) is 11.1 Å². The van der Waals surface area contributed by atoms with Gasteiger partial charge < -0.3 is 15.3 Å². The van der Waals surface area contributed by atoms with Crippen LogP contribution in [0.1, 0.15) is 35.1 Å². The molecule has 0 saturated carbocycles. The Morgan fingerprint density at radius 2 is 1.94 bits per heavy atom. The van der Waals surface area contributed by atoms with E-state index in [9.17, 15) is 23.1 Å². The molecule has 0 spiro atoms. The minimum atomic E-state index is -4.56. The van der Waals surface area contributed by atoms with Gasteiger partial charge in [0.15, 0.2) is 0 Å². The molecule has 1 atom stereocenters. The molecular formula is C23H22F3N5O2. The number of alkyl halides is 3. The molecule has 7 nitrogen and oxygen atoms in total. The predicted molar refractivity (Wildman–Crippen MR) is 116 cm³/mol. The summed E-state index contributed by atoms with van der Waals surface area (Å²) >= 11 is 0. The summed E-state index contributed by atoms with van der Waals surface area (Å²) in [7, 11) is 0. The second kappa shape index (κ2) is 8.43. The zero-order valence-electron chi connectivity index (χ0n) is 18.0. The Kier molecular flexibility index (Phi) is 5.79. The third-order valence-corrected chi connectivity index (χ3v) is 5.33. The standard InChI is InChI=1S/C23H22F3N5O2/c1-14-9-16(11-17(10-14)29-21-27-7-5-19(30-21)23(24,25)26)15-3-4-18(28-12-15)20(32)31-8-6-22(2,33)13-31/h3-5,7,9-12,33H,6,8,13H2,1-2H3,(H,27,29,30). The topological polar surface area (TPSA) is 91.2 Å². The van der Waals surface area contributed by atoms with Crippen molar-refractivity contribution in [1.82, 2.24) is 19.9 Å². The molecular weight excluding hydrogens is 435 g/mol. The van der Waals surface area contributed by atoms with Crippen LogP contribution >= 0.6 is 0 Å². The van der Waals surface area contributed by atoms with E-state index < -0.39 is 17.5 Å². The number of carbonyl (C=O) groups excluding carboxylic acids is 1. The second-order valence-electron chi connectivity index (χ2n) is 8.38. The quantitative estimate of drug-likeness (QED) is 0.610. The van der Waals surface area contributed by atoms with E-state index in [1.54, 1.807) is 42.3 Å². The smallest absolute Gasteiger partial charge is 0.388 e. The first-order chi connectivity index (χ1) is 15.5. The number of hydrogen-bond donors (Lipinski definition) is 2. The fraction of sp³-hybridized carbons (Fsp3) is 0.304. The average Bonchev–Trinajstić information content (AvgIpc) is 3.12. The number of aryl methyl sites for hydroxylation is 1. The molecule has 1 aliphatic rings. The lowest BCUT2D eigenvalue weighted by Gasteiger charge is -2.18. The van der Waals surface area contributed by atoms with Gasteiger partial charge in [-0.15, -0.1) is 0 Å². The third kappa shape index (κ3) is 5.28. The summed E-state index contributed by atoms with van der Waals surface area (Å²) in [5.74, 6) is -0.408. The van der Waals surface area contributed by atoms with E-state index in [0.717, 1.165) is 29.0 Å². The van der Waals surface area contributed by atoms with Gasteiger partial charge in [0.25, 0.3) is 5.91 Å². The first-order valence-corrected chi connectivity index (χ1v) is 10.3. The highest BCUT2D eigenvalue weighted by atomic mass is 19.4. The van der Waals surface area contributed by atoms with Crippen LogP contribution in [0.4, 0.5) is 24.8 Å². The second-order valence-corrected chi connectivity index (χ2v) is 8.38. The Hall–Kier alpha value is -3.53. The molecule has 3 aromatic rings. The van der Waals surface area contributed by atoms with Crippen LogP contribution in [0.15, 0.2) is 48.8 Å². The molecule has 1 fully saturated rings. The van der Waals surface area contributed by atoms with Gasteiger partial charge >= 0.3 is 6.18 Å². The molecule has 1 saturated heterocycles. The number of β-amino-alcohol motifs (C(OH)–C–C–N with tert-alkyl or cyclic N) is 1. The van der Waals surface area contributed by atoms with Crippen molar-refractivity contribution in [2.24, 2.45) is 0 Å². The molecule has 3 heterocycles. The third-order valence-electron chi connectivity index (χ3n) is 5.33. The summed E-state index contributed by atoms with van der Waals surface area (Å²) in [5, 5.41) is 12.9. The van der Waals surface area contributed by atoms with Crippen molar-refractivity contribution < 1.29 is 23.1 Å². The van der Waals surface area contributed by atoms with Crippen LogP contribution in [0.5, 0.6) is 0 Å². The number of aliphatic hydroxyl groups is 1. The number of benzene rings is 1. The van der Waals surface area contributed by atoms with Crippen LogP contribution in [-0.2, 0) is 6.18 Å². The molecule has 33 heavy (non-hydrogen) atoms. The van der Waals surface area contributed by atoms with Crippen molar-refractivity contribution in [2.75, 3.05) is 18.4 Å². The van der Waals surface area contributed by atoms with Crippen molar-refractivity contribution in [3.8, 4) is 11.1 Å². The average molecular weight is 457 g/mol. The molecule has 1 aliphatic heterocycles. The first kappa shape index (κ1) is 22.7. The Morgan fingerprint density at radius 3 is 2.58 bits per heavy atom. The number of hydrogen-bond acceptors (Lipinski definition) is 6. The van der Waals surface area contributed by atoms with E-state index in [2.05, 4.69) is 20.3 Å². The summed E-state index contributed by atoms with van der Waals surface area (Å²) in [6.45, 7) is 4.29. The largest absolute Gasteiger partial charge is 0.433 e. The van der Waals surface area contributed by atoms with Gasteiger partial charge in [-0.3, -0.25) is 9.78 Å². The van der Waals surface area contributed by atoms with Gasteiger partial charge in [-0.2, -0.15) is 13.2 Å². The fourth-order valence-corrected chi connectivity index (χ4v) is 3.70. The molecule has 2 aromatic heterocycles. The highest BCUT2D eigenvalue weighted by molar-refractivity contribution is 5.93. The van der Waals surface area contributed by atoms with Gasteiger partial charge in [0, 0.05) is 36.7 Å². The zero-order chi connectivity index (χ0) is 23.8. The van der Waals surface area contributed by atoms with Gasteiger partial charge in [0.05, 0.1) is 5.60 Å². The van der Waals surface area contributed by atoms with E-state index in [1.165, 1.54) is 0 Å². The van der Waals surface area contributed by atoms with Crippen molar-refractivity contribution >= 4 is 17.5 Å². The zero-order valence-corrected chi connectivity index (χ0v) is 18.0. The van der Waals surface area contributed by atoms with E-state index >= 15 is 0 Å². The first-order valence-electron chi connectivity index (χ1n) is 10.3. The van der Waals surface area contributed by atoms with E-state index in [0.29, 0.717) is 18.7 Å². The monoisotopic (exact) mass is 457 g/mol. The molecule has 4 rings (SSSR count). The van der Waals surface area contributed by atoms with Gasteiger partial charge in [-0.1, -0.05) is 12.1 Å².